The van der Waals surface area contributed by atoms with E-state index in [-0.39, 0.29) is 5.56 Å². The Morgan fingerprint density at radius 3 is 2.52 bits per heavy atom. The van der Waals surface area contributed by atoms with E-state index in [9.17, 15) is 4.79 Å². The van der Waals surface area contributed by atoms with Crippen molar-refractivity contribution in [2.45, 2.75) is 13.5 Å². The Morgan fingerprint density at radius 2 is 1.72 bits per heavy atom. The Labute approximate surface area is 146 Å². The standard InChI is InChI=1S/C20H22N4O/c1-15-6-2-5-9-18(15)24-12-10-23(11-13-24)14-19-21-17-8-4-3-7-16(17)20(25)22-19/h2-9H,10-14H2,1H3,(H,21,22,25). The summed E-state index contributed by atoms with van der Waals surface area (Å²) in [6, 6.07) is 16.0. The number of nitrogens with one attached hydrogen (secondary N) is 1. The van der Waals surface area contributed by atoms with Crippen LogP contribution in [0.1, 0.15) is 11.4 Å². The van der Waals surface area contributed by atoms with Gasteiger partial charge < -0.3 is 9.88 Å². The van der Waals surface area contributed by atoms with Crippen LogP contribution in [0.4, 0.5) is 5.69 Å². The first-order valence-corrected chi connectivity index (χ1v) is 8.71. The zero-order valence-corrected chi connectivity index (χ0v) is 14.4. The van der Waals surface area contributed by atoms with Gasteiger partial charge in [0, 0.05) is 31.9 Å². The fourth-order valence-electron chi connectivity index (χ4n) is 3.49. The third kappa shape index (κ3) is 3.28. The number of para-hydroxylation sites is 2. The second kappa shape index (κ2) is 6.69. The fraction of sp³-hybridized carbons (Fsp3) is 0.300. The number of piperazine rings is 1. The molecule has 2 aromatic carbocycles. The Hall–Kier alpha value is -2.66. The molecule has 1 aliphatic rings. The van der Waals surface area contributed by atoms with Crippen LogP contribution in [-0.2, 0) is 6.54 Å². The Morgan fingerprint density at radius 1 is 1.00 bits per heavy atom. The first-order valence-electron chi connectivity index (χ1n) is 8.71. The van der Waals surface area contributed by atoms with Gasteiger partial charge in [-0.2, -0.15) is 0 Å². The minimum atomic E-state index is -0.0563. The maximum atomic E-state index is 12.2. The molecule has 5 nitrogen and oxygen atoms in total. The van der Waals surface area contributed by atoms with Crippen molar-refractivity contribution in [2.24, 2.45) is 0 Å². The highest BCUT2D eigenvalue weighted by molar-refractivity contribution is 5.77. The number of nitrogens with zero attached hydrogens (tertiary/aromatic N) is 3. The molecule has 25 heavy (non-hydrogen) atoms. The van der Waals surface area contributed by atoms with Crippen molar-refractivity contribution in [3.05, 3.63) is 70.3 Å². The van der Waals surface area contributed by atoms with E-state index in [0.717, 1.165) is 37.5 Å². The van der Waals surface area contributed by atoms with E-state index in [1.165, 1.54) is 11.3 Å². The van der Waals surface area contributed by atoms with Crippen LogP contribution in [0.2, 0.25) is 0 Å². The summed E-state index contributed by atoms with van der Waals surface area (Å²) < 4.78 is 0. The van der Waals surface area contributed by atoms with Crippen LogP contribution >= 0.6 is 0 Å². The van der Waals surface area contributed by atoms with Gasteiger partial charge in [0.25, 0.3) is 5.56 Å². The molecule has 5 heteroatoms. The van der Waals surface area contributed by atoms with Crippen LogP contribution in [0, 0.1) is 6.92 Å². The summed E-state index contributed by atoms with van der Waals surface area (Å²) in [7, 11) is 0. The molecule has 0 saturated carbocycles. The lowest BCUT2D eigenvalue weighted by Crippen LogP contribution is -2.46. The van der Waals surface area contributed by atoms with Gasteiger partial charge in [-0.3, -0.25) is 9.69 Å². The normalized spacial score (nSPS) is 15.6. The molecule has 0 radical (unpaired) electrons. The second-order valence-corrected chi connectivity index (χ2v) is 6.58. The molecule has 1 aliphatic heterocycles. The smallest absolute Gasteiger partial charge is 0.258 e. The van der Waals surface area contributed by atoms with Gasteiger partial charge in [-0.15, -0.1) is 0 Å². The Balaban J connectivity index is 1.45. The molecule has 0 atom stereocenters. The van der Waals surface area contributed by atoms with Crippen LogP contribution < -0.4 is 10.5 Å². The molecule has 0 unspecified atom stereocenters. The predicted molar refractivity (Wildman–Crippen MR) is 101 cm³/mol. The highest BCUT2D eigenvalue weighted by atomic mass is 16.1. The first-order chi connectivity index (χ1) is 12.2. The molecule has 3 aromatic rings. The maximum Gasteiger partial charge on any atom is 0.258 e. The first kappa shape index (κ1) is 15.8. The van der Waals surface area contributed by atoms with Gasteiger partial charge in [-0.1, -0.05) is 30.3 Å². The quantitative estimate of drug-likeness (QED) is 0.800. The number of hydrogen-bond acceptors (Lipinski definition) is 4. The van der Waals surface area contributed by atoms with Crippen molar-refractivity contribution in [3.8, 4) is 0 Å². The fourth-order valence-corrected chi connectivity index (χ4v) is 3.49. The van der Waals surface area contributed by atoms with E-state index >= 15 is 0 Å². The molecular formula is C20H22N4O. The number of benzene rings is 2. The summed E-state index contributed by atoms with van der Waals surface area (Å²) in [4.78, 5) is 24.5. The van der Waals surface area contributed by atoms with Crippen LogP contribution in [-0.4, -0.2) is 41.0 Å². The average Bonchev–Trinajstić information content (AvgIpc) is 2.63. The molecule has 1 aromatic heterocycles. The molecular weight excluding hydrogens is 312 g/mol. The number of hydrogen-bond donors (Lipinski definition) is 1. The van der Waals surface area contributed by atoms with Gasteiger partial charge in [-0.25, -0.2) is 4.98 Å². The summed E-state index contributed by atoms with van der Waals surface area (Å²) in [6.45, 7) is 6.74. The Kier molecular flexibility index (Phi) is 4.24. The van der Waals surface area contributed by atoms with Crippen molar-refractivity contribution >= 4 is 16.6 Å². The molecule has 2 heterocycles. The minimum absolute atomic E-state index is 0.0563. The van der Waals surface area contributed by atoms with Gasteiger partial charge in [0.15, 0.2) is 0 Å². The number of fused-ring (bicyclic) bond motifs is 1. The van der Waals surface area contributed by atoms with E-state index in [1.54, 1.807) is 0 Å². The van der Waals surface area contributed by atoms with Crippen molar-refractivity contribution in [2.75, 3.05) is 31.1 Å². The van der Waals surface area contributed by atoms with E-state index in [1.807, 2.05) is 24.3 Å². The van der Waals surface area contributed by atoms with Crippen molar-refractivity contribution in [3.63, 3.8) is 0 Å². The van der Waals surface area contributed by atoms with E-state index in [0.29, 0.717) is 11.9 Å². The number of aromatic amines is 1. The second-order valence-electron chi connectivity index (χ2n) is 6.58. The summed E-state index contributed by atoms with van der Waals surface area (Å²) >= 11 is 0. The zero-order valence-electron chi connectivity index (χ0n) is 14.4. The lowest BCUT2D eigenvalue weighted by atomic mass is 10.1. The van der Waals surface area contributed by atoms with Crippen LogP contribution in [0.3, 0.4) is 0 Å². The molecule has 0 bridgehead atoms. The largest absolute Gasteiger partial charge is 0.369 e. The SMILES string of the molecule is Cc1ccccc1N1CCN(Cc2nc3ccccc3c(=O)[nH]2)CC1. The lowest BCUT2D eigenvalue weighted by molar-refractivity contribution is 0.244. The third-order valence-electron chi connectivity index (χ3n) is 4.86. The number of rotatable bonds is 3. The van der Waals surface area contributed by atoms with Crippen LogP contribution in [0.5, 0.6) is 0 Å². The van der Waals surface area contributed by atoms with Gasteiger partial charge in [0.1, 0.15) is 5.82 Å². The van der Waals surface area contributed by atoms with Crippen LogP contribution in [0.15, 0.2) is 53.3 Å². The molecule has 1 N–H and O–H groups in total. The third-order valence-corrected chi connectivity index (χ3v) is 4.86. The topological polar surface area (TPSA) is 52.2 Å². The molecule has 0 aliphatic carbocycles. The summed E-state index contributed by atoms with van der Waals surface area (Å²) in [5, 5.41) is 0.649. The summed E-state index contributed by atoms with van der Waals surface area (Å²) in [6.07, 6.45) is 0. The lowest BCUT2D eigenvalue weighted by Gasteiger charge is -2.36. The van der Waals surface area contributed by atoms with E-state index in [2.05, 4.69) is 51.0 Å². The molecule has 128 valence electrons. The van der Waals surface area contributed by atoms with E-state index in [4.69, 9.17) is 0 Å². The predicted octanol–water partition coefficient (Wildman–Crippen LogP) is 2.55. The highest BCUT2D eigenvalue weighted by Gasteiger charge is 2.19. The highest BCUT2D eigenvalue weighted by Crippen LogP contribution is 2.21. The summed E-state index contributed by atoms with van der Waals surface area (Å²) in [5.74, 6) is 0.744. The number of H-pyrrole nitrogens is 1. The average molecular weight is 334 g/mol. The molecule has 0 amide bonds. The van der Waals surface area contributed by atoms with Gasteiger partial charge in [-0.05, 0) is 30.7 Å². The number of anilines is 1. The Bertz CT molecular complexity index is 942. The number of aromatic nitrogens is 2. The van der Waals surface area contributed by atoms with Crippen molar-refractivity contribution < 1.29 is 0 Å². The van der Waals surface area contributed by atoms with Crippen LogP contribution in [0.25, 0.3) is 10.9 Å². The van der Waals surface area contributed by atoms with Crippen molar-refractivity contribution in [1.82, 2.24) is 14.9 Å². The summed E-state index contributed by atoms with van der Waals surface area (Å²) in [5.41, 5.74) is 3.34. The van der Waals surface area contributed by atoms with Gasteiger partial charge in [0.05, 0.1) is 17.4 Å². The van der Waals surface area contributed by atoms with Crippen molar-refractivity contribution in [1.29, 1.82) is 0 Å². The van der Waals surface area contributed by atoms with E-state index < -0.39 is 0 Å². The maximum absolute atomic E-state index is 12.2. The minimum Gasteiger partial charge on any atom is -0.369 e. The molecule has 1 saturated heterocycles. The molecule has 0 spiro atoms. The molecule has 4 rings (SSSR count). The number of aryl methyl sites for hydroxylation is 1. The zero-order chi connectivity index (χ0) is 17.2. The van der Waals surface area contributed by atoms with Gasteiger partial charge in [0.2, 0.25) is 0 Å². The molecule has 1 fully saturated rings. The van der Waals surface area contributed by atoms with Gasteiger partial charge >= 0.3 is 0 Å². The monoisotopic (exact) mass is 334 g/mol.